The van der Waals surface area contributed by atoms with Gasteiger partial charge in [-0.05, 0) is 25.7 Å². The van der Waals surface area contributed by atoms with Crippen molar-refractivity contribution in [1.82, 2.24) is 9.97 Å². The average Bonchev–Trinajstić information content (AvgIpc) is 2.78. The van der Waals surface area contributed by atoms with E-state index in [4.69, 9.17) is 15.7 Å². The number of nitrogens with zero attached hydrogens (tertiary/aromatic N) is 4. The van der Waals surface area contributed by atoms with E-state index in [-0.39, 0.29) is 0 Å². The van der Waals surface area contributed by atoms with E-state index in [1.54, 1.807) is 7.05 Å². The number of aliphatic imine (C=N–C) groups is 2. The Morgan fingerprint density at radius 3 is 2.00 bits per heavy atom. The molecule has 0 atom stereocenters. The number of aromatic nitrogens is 2. The Bertz CT molecular complexity index is 574. The Morgan fingerprint density at radius 1 is 0.850 bits per heavy atom. The van der Waals surface area contributed by atoms with Crippen LogP contribution in [0.15, 0.2) is 9.98 Å². The Balaban J connectivity index is 2.00. The predicted octanol–water partition coefficient (Wildman–Crippen LogP) is 2.01. The smallest absolute Gasteiger partial charge is 0.177 e. The summed E-state index contributed by atoms with van der Waals surface area (Å²) in [6.07, 6.45) is 9.63. The Hall–Kier alpha value is -1.78. The molecule has 1 aliphatic carbocycles. The average molecular weight is 271 g/mol. The molecule has 0 amide bonds. The molecule has 20 heavy (non-hydrogen) atoms. The summed E-state index contributed by atoms with van der Waals surface area (Å²) in [6.45, 7) is 0. The lowest BCUT2D eigenvalue weighted by Crippen LogP contribution is -2.17. The molecule has 2 N–H and O–H groups in total. The molecule has 1 aliphatic heterocycles. The first-order chi connectivity index (χ1) is 9.79. The maximum atomic E-state index is 5.94. The molecule has 3 rings (SSSR count). The fourth-order valence-electron chi connectivity index (χ4n) is 2.91. The molecule has 0 saturated heterocycles. The van der Waals surface area contributed by atoms with Crippen molar-refractivity contribution in [2.45, 2.75) is 51.4 Å². The zero-order chi connectivity index (χ0) is 13.9. The number of nitrogens with two attached hydrogens (primary N) is 1. The molecule has 0 unspecified atom stereocenters. The fourth-order valence-corrected chi connectivity index (χ4v) is 2.91. The lowest BCUT2D eigenvalue weighted by molar-refractivity contribution is 0.571. The van der Waals surface area contributed by atoms with E-state index in [9.17, 15) is 0 Å². The van der Waals surface area contributed by atoms with Crippen LogP contribution in [0.4, 0.5) is 0 Å². The minimum Gasteiger partial charge on any atom is -0.382 e. The van der Waals surface area contributed by atoms with Crippen molar-refractivity contribution < 1.29 is 0 Å². The molecule has 0 saturated carbocycles. The second kappa shape index (κ2) is 5.69. The Kier molecular flexibility index (Phi) is 3.76. The third kappa shape index (κ3) is 2.44. The number of aryl methyl sites for hydroxylation is 2. The summed E-state index contributed by atoms with van der Waals surface area (Å²) in [7, 11) is 1.72. The largest absolute Gasteiger partial charge is 0.382 e. The molecule has 5 nitrogen and oxygen atoms in total. The maximum absolute atomic E-state index is 5.94. The molecule has 106 valence electrons. The summed E-state index contributed by atoms with van der Waals surface area (Å²) < 4.78 is 0. The van der Waals surface area contributed by atoms with E-state index in [0.29, 0.717) is 11.7 Å². The van der Waals surface area contributed by atoms with Gasteiger partial charge in [0, 0.05) is 7.05 Å². The van der Waals surface area contributed by atoms with Crippen LogP contribution in [-0.2, 0) is 12.8 Å². The van der Waals surface area contributed by atoms with Crippen LogP contribution in [0, 0.1) is 0 Å². The van der Waals surface area contributed by atoms with E-state index >= 15 is 0 Å². The molecule has 0 bridgehead atoms. The number of hydrogen-bond donors (Lipinski definition) is 1. The van der Waals surface area contributed by atoms with Gasteiger partial charge in [0.15, 0.2) is 11.7 Å². The zero-order valence-corrected chi connectivity index (χ0v) is 12.0. The molecule has 0 spiro atoms. The molecule has 0 radical (unpaired) electrons. The molecule has 2 heterocycles. The minimum atomic E-state index is 0.452. The fraction of sp³-hybridized carbons (Fsp3) is 0.600. The van der Waals surface area contributed by atoms with Crippen LogP contribution in [0.5, 0.6) is 0 Å². The molecule has 1 aromatic rings. The van der Waals surface area contributed by atoms with Crippen LogP contribution in [0.25, 0.3) is 0 Å². The number of fused-ring (bicyclic) bond motifs is 2. The number of rotatable bonds is 0. The van der Waals surface area contributed by atoms with Crippen LogP contribution in [0.2, 0.25) is 0 Å². The van der Waals surface area contributed by atoms with E-state index < -0.39 is 0 Å². The van der Waals surface area contributed by atoms with Crippen LogP contribution in [-0.4, -0.2) is 28.7 Å². The summed E-state index contributed by atoms with van der Waals surface area (Å²) in [5.41, 5.74) is 9.66. The van der Waals surface area contributed by atoms with E-state index in [2.05, 4.69) is 9.98 Å². The highest BCUT2D eigenvalue weighted by Gasteiger charge is 2.25. The monoisotopic (exact) mass is 271 g/mol. The highest BCUT2D eigenvalue weighted by atomic mass is 15.1. The van der Waals surface area contributed by atoms with Gasteiger partial charge in [0.25, 0.3) is 0 Å². The van der Waals surface area contributed by atoms with Crippen molar-refractivity contribution in [3.8, 4) is 0 Å². The summed E-state index contributed by atoms with van der Waals surface area (Å²) in [5.74, 6) is 1.07. The van der Waals surface area contributed by atoms with Gasteiger partial charge < -0.3 is 5.73 Å². The van der Waals surface area contributed by atoms with Crippen molar-refractivity contribution in [1.29, 1.82) is 0 Å². The molecule has 0 aromatic carbocycles. The first kappa shape index (κ1) is 13.2. The standard InChI is InChI=1S/C15H21N5/c1-17-15-13-12(14(16)20-15)18-10-8-6-4-2-3-5-7-9-11(10)19-13/h2-9H2,1H3,(H2,16,17,20). The predicted molar refractivity (Wildman–Crippen MR) is 80.3 cm³/mol. The van der Waals surface area contributed by atoms with Gasteiger partial charge in [-0.25, -0.2) is 15.0 Å². The van der Waals surface area contributed by atoms with Crippen molar-refractivity contribution >= 4 is 11.7 Å². The summed E-state index contributed by atoms with van der Waals surface area (Å²) in [6, 6.07) is 0. The summed E-state index contributed by atoms with van der Waals surface area (Å²) in [4.78, 5) is 17.9. The SMILES string of the molecule is CN=C1N=C(N)c2nc3c(nc21)CCCCCCCC3. The van der Waals surface area contributed by atoms with Crippen molar-refractivity contribution in [2.75, 3.05) is 7.05 Å². The van der Waals surface area contributed by atoms with Gasteiger partial charge in [0.2, 0.25) is 0 Å². The Labute approximate surface area is 119 Å². The normalized spacial score (nSPS) is 21.2. The highest BCUT2D eigenvalue weighted by Crippen LogP contribution is 2.21. The molecule has 2 aliphatic rings. The number of hydrogen-bond acceptors (Lipinski definition) is 4. The Morgan fingerprint density at radius 2 is 1.40 bits per heavy atom. The van der Waals surface area contributed by atoms with E-state index in [0.717, 1.165) is 35.6 Å². The highest BCUT2D eigenvalue weighted by molar-refractivity contribution is 6.19. The topological polar surface area (TPSA) is 76.5 Å². The van der Waals surface area contributed by atoms with Crippen LogP contribution in [0.1, 0.15) is 61.3 Å². The van der Waals surface area contributed by atoms with Gasteiger partial charge >= 0.3 is 0 Å². The van der Waals surface area contributed by atoms with Gasteiger partial charge in [0.05, 0.1) is 11.4 Å². The number of amidine groups is 2. The van der Waals surface area contributed by atoms with Crippen molar-refractivity contribution in [3.05, 3.63) is 22.8 Å². The first-order valence-corrected chi connectivity index (χ1v) is 7.51. The molecule has 1 aromatic heterocycles. The second-order valence-electron chi connectivity index (χ2n) is 5.48. The van der Waals surface area contributed by atoms with Crippen LogP contribution < -0.4 is 5.73 Å². The van der Waals surface area contributed by atoms with E-state index in [1.807, 2.05) is 0 Å². The molecule has 0 fully saturated rings. The lowest BCUT2D eigenvalue weighted by atomic mass is 10.0. The van der Waals surface area contributed by atoms with Gasteiger partial charge in [-0.2, -0.15) is 0 Å². The quantitative estimate of drug-likeness (QED) is 0.784. The van der Waals surface area contributed by atoms with Gasteiger partial charge in [-0.3, -0.25) is 4.99 Å². The van der Waals surface area contributed by atoms with Gasteiger partial charge in [0.1, 0.15) is 11.4 Å². The lowest BCUT2D eigenvalue weighted by Gasteiger charge is -2.12. The minimum absolute atomic E-state index is 0.452. The van der Waals surface area contributed by atoms with Gasteiger partial charge in [-0.1, -0.05) is 25.7 Å². The molecular weight excluding hydrogens is 250 g/mol. The second-order valence-corrected chi connectivity index (χ2v) is 5.48. The maximum Gasteiger partial charge on any atom is 0.177 e. The molecule has 5 heteroatoms. The zero-order valence-electron chi connectivity index (χ0n) is 12.0. The van der Waals surface area contributed by atoms with Crippen molar-refractivity contribution in [2.24, 2.45) is 15.7 Å². The molecular formula is C15H21N5. The van der Waals surface area contributed by atoms with Gasteiger partial charge in [-0.15, -0.1) is 0 Å². The summed E-state index contributed by atoms with van der Waals surface area (Å²) >= 11 is 0. The van der Waals surface area contributed by atoms with E-state index in [1.165, 1.54) is 38.5 Å². The third-order valence-corrected chi connectivity index (χ3v) is 4.02. The van der Waals surface area contributed by atoms with Crippen LogP contribution in [0.3, 0.4) is 0 Å². The van der Waals surface area contributed by atoms with Crippen molar-refractivity contribution in [3.63, 3.8) is 0 Å². The first-order valence-electron chi connectivity index (χ1n) is 7.51. The third-order valence-electron chi connectivity index (χ3n) is 4.02. The van der Waals surface area contributed by atoms with Crippen LogP contribution >= 0.6 is 0 Å². The summed E-state index contributed by atoms with van der Waals surface area (Å²) in [5, 5.41) is 0.